The average Bonchev–Trinajstić information content (AvgIpc) is 3.09. The van der Waals surface area contributed by atoms with Crippen molar-refractivity contribution in [3.63, 3.8) is 0 Å². The van der Waals surface area contributed by atoms with Crippen molar-refractivity contribution in [2.24, 2.45) is 0 Å². The molecular weight excluding hydrogens is 374 g/mol. The van der Waals surface area contributed by atoms with Crippen LogP contribution in [0.15, 0.2) is 47.6 Å². The van der Waals surface area contributed by atoms with Crippen LogP contribution >= 0.6 is 11.8 Å². The minimum absolute atomic E-state index is 0.0138. The predicted octanol–water partition coefficient (Wildman–Crippen LogP) is 3.60. The lowest BCUT2D eigenvalue weighted by Gasteiger charge is -2.14. The Morgan fingerprint density at radius 2 is 1.71 bits per heavy atom. The van der Waals surface area contributed by atoms with Gasteiger partial charge >= 0.3 is 0 Å². The highest BCUT2D eigenvalue weighted by atomic mass is 32.2. The standard InChI is InChI=1S/C20H21N5O2S/c1-12-6-5-7-13(2)18(12)25-20(22-23-24-25)28-15(4)19(27)21-17-10-8-16(9-11-17)14(3)26/h5-11,15H,1-4H3,(H,21,27)/t15-/m0/s1. The normalized spacial score (nSPS) is 11.9. The zero-order valence-corrected chi connectivity index (χ0v) is 16.9. The molecule has 3 aromatic rings. The monoisotopic (exact) mass is 395 g/mol. The molecule has 144 valence electrons. The van der Waals surface area contributed by atoms with Gasteiger partial charge in [0.05, 0.1) is 10.9 Å². The maximum absolute atomic E-state index is 12.6. The highest BCUT2D eigenvalue weighted by Crippen LogP contribution is 2.26. The Kier molecular flexibility index (Phi) is 5.89. The molecule has 0 bridgehead atoms. The molecule has 1 amide bonds. The third-order valence-electron chi connectivity index (χ3n) is 4.30. The Bertz CT molecular complexity index is 993. The summed E-state index contributed by atoms with van der Waals surface area (Å²) in [5.41, 5.74) is 4.26. The van der Waals surface area contributed by atoms with Gasteiger partial charge in [-0.15, -0.1) is 5.10 Å². The van der Waals surface area contributed by atoms with Crippen LogP contribution in [0.2, 0.25) is 0 Å². The van der Waals surface area contributed by atoms with Crippen LogP contribution < -0.4 is 5.32 Å². The SMILES string of the molecule is CC(=O)c1ccc(NC(=O)[C@H](C)Sc2nnnn2-c2c(C)cccc2C)cc1. The molecule has 1 atom stereocenters. The Hall–Kier alpha value is -3.00. The number of Topliss-reactive ketones (excluding diaryl/α,β-unsaturated/α-hetero) is 1. The number of ketones is 1. The van der Waals surface area contributed by atoms with Gasteiger partial charge in [0.25, 0.3) is 0 Å². The van der Waals surface area contributed by atoms with E-state index in [0.29, 0.717) is 16.4 Å². The van der Waals surface area contributed by atoms with Crippen LogP contribution in [-0.2, 0) is 4.79 Å². The van der Waals surface area contributed by atoms with Crippen molar-refractivity contribution in [3.05, 3.63) is 59.2 Å². The van der Waals surface area contributed by atoms with Gasteiger partial charge < -0.3 is 5.32 Å². The fourth-order valence-electron chi connectivity index (χ4n) is 2.78. The Morgan fingerprint density at radius 1 is 1.07 bits per heavy atom. The molecule has 0 aliphatic heterocycles. The second-order valence-electron chi connectivity index (χ2n) is 6.50. The molecule has 0 saturated heterocycles. The maximum Gasteiger partial charge on any atom is 0.237 e. The molecule has 7 nitrogen and oxygen atoms in total. The topological polar surface area (TPSA) is 89.8 Å². The summed E-state index contributed by atoms with van der Waals surface area (Å²) in [5.74, 6) is -0.184. The van der Waals surface area contributed by atoms with Crippen LogP contribution in [-0.4, -0.2) is 37.1 Å². The van der Waals surface area contributed by atoms with E-state index in [-0.39, 0.29) is 11.7 Å². The van der Waals surface area contributed by atoms with Crippen molar-refractivity contribution in [3.8, 4) is 5.69 Å². The number of carbonyl (C=O) groups is 2. The van der Waals surface area contributed by atoms with Crippen molar-refractivity contribution in [2.75, 3.05) is 5.32 Å². The molecule has 2 aromatic carbocycles. The molecule has 28 heavy (non-hydrogen) atoms. The number of nitrogens with one attached hydrogen (secondary N) is 1. The largest absolute Gasteiger partial charge is 0.325 e. The van der Waals surface area contributed by atoms with Gasteiger partial charge in [0.1, 0.15) is 0 Å². The quantitative estimate of drug-likeness (QED) is 0.507. The molecule has 0 saturated carbocycles. The van der Waals surface area contributed by atoms with E-state index in [9.17, 15) is 9.59 Å². The van der Waals surface area contributed by atoms with E-state index in [2.05, 4.69) is 20.8 Å². The fourth-order valence-corrected chi connectivity index (χ4v) is 3.57. The number of para-hydroxylation sites is 1. The van der Waals surface area contributed by atoms with Crippen molar-refractivity contribution in [1.82, 2.24) is 20.2 Å². The van der Waals surface area contributed by atoms with Gasteiger partial charge in [-0.25, -0.2) is 0 Å². The first-order chi connectivity index (χ1) is 13.4. The van der Waals surface area contributed by atoms with E-state index >= 15 is 0 Å². The second kappa shape index (κ2) is 8.35. The number of tetrazole rings is 1. The average molecular weight is 395 g/mol. The molecule has 0 radical (unpaired) electrons. The number of thioether (sulfide) groups is 1. The van der Waals surface area contributed by atoms with E-state index in [0.717, 1.165) is 16.8 Å². The number of aryl methyl sites for hydroxylation is 2. The predicted molar refractivity (Wildman–Crippen MR) is 109 cm³/mol. The first-order valence-electron chi connectivity index (χ1n) is 8.80. The van der Waals surface area contributed by atoms with Crippen LogP contribution in [0.25, 0.3) is 5.69 Å². The lowest BCUT2D eigenvalue weighted by atomic mass is 10.1. The van der Waals surface area contributed by atoms with E-state index in [1.165, 1.54) is 18.7 Å². The number of rotatable bonds is 6. The summed E-state index contributed by atoms with van der Waals surface area (Å²) >= 11 is 1.29. The zero-order valence-electron chi connectivity index (χ0n) is 16.1. The number of anilines is 1. The summed E-state index contributed by atoms with van der Waals surface area (Å²) in [4.78, 5) is 23.9. The van der Waals surface area contributed by atoms with Crippen LogP contribution in [0.5, 0.6) is 0 Å². The molecule has 8 heteroatoms. The fraction of sp³-hybridized carbons (Fsp3) is 0.250. The molecule has 0 aliphatic rings. The summed E-state index contributed by atoms with van der Waals surface area (Å²) < 4.78 is 1.67. The lowest BCUT2D eigenvalue weighted by Crippen LogP contribution is -2.23. The molecule has 0 unspecified atom stereocenters. The summed E-state index contributed by atoms with van der Waals surface area (Å²) in [6.45, 7) is 7.30. The van der Waals surface area contributed by atoms with E-state index < -0.39 is 5.25 Å². The van der Waals surface area contributed by atoms with E-state index in [4.69, 9.17) is 0 Å². The second-order valence-corrected chi connectivity index (χ2v) is 7.80. The summed E-state index contributed by atoms with van der Waals surface area (Å²) in [6.07, 6.45) is 0. The third kappa shape index (κ3) is 4.28. The minimum Gasteiger partial charge on any atom is -0.325 e. The number of nitrogens with zero attached hydrogens (tertiary/aromatic N) is 4. The molecule has 0 aliphatic carbocycles. The van der Waals surface area contributed by atoms with Crippen molar-refractivity contribution in [2.45, 2.75) is 38.1 Å². The number of benzene rings is 2. The van der Waals surface area contributed by atoms with Gasteiger partial charge in [-0.3, -0.25) is 9.59 Å². The van der Waals surface area contributed by atoms with Crippen LogP contribution in [0.1, 0.15) is 35.3 Å². The van der Waals surface area contributed by atoms with Gasteiger partial charge in [-0.1, -0.05) is 30.0 Å². The van der Waals surface area contributed by atoms with E-state index in [1.807, 2.05) is 32.0 Å². The molecule has 1 N–H and O–H groups in total. The smallest absolute Gasteiger partial charge is 0.237 e. The van der Waals surface area contributed by atoms with Gasteiger partial charge in [-0.05, 0) is 73.5 Å². The molecule has 0 fully saturated rings. The van der Waals surface area contributed by atoms with Gasteiger partial charge in [0.2, 0.25) is 11.1 Å². The van der Waals surface area contributed by atoms with Crippen LogP contribution in [0.3, 0.4) is 0 Å². The maximum atomic E-state index is 12.6. The Morgan fingerprint density at radius 3 is 2.32 bits per heavy atom. The summed E-state index contributed by atoms with van der Waals surface area (Å²) in [6, 6.07) is 12.8. The third-order valence-corrected chi connectivity index (χ3v) is 5.34. The van der Waals surface area contributed by atoms with Crippen LogP contribution in [0, 0.1) is 13.8 Å². The molecular formula is C20H21N5O2S. The van der Waals surface area contributed by atoms with Crippen molar-refractivity contribution < 1.29 is 9.59 Å². The first kappa shape index (κ1) is 19.8. The minimum atomic E-state index is -0.415. The van der Waals surface area contributed by atoms with Gasteiger partial charge in [-0.2, -0.15) is 4.68 Å². The summed E-state index contributed by atoms with van der Waals surface area (Å²) in [5, 5.41) is 15.0. The van der Waals surface area contributed by atoms with Crippen molar-refractivity contribution >= 4 is 29.1 Å². The number of carbonyl (C=O) groups excluding carboxylic acids is 2. The van der Waals surface area contributed by atoms with E-state index in [1.54, 1.807) is 35.9 Å². The van der Waals surface area contributed by atoms with Gasteiger partial charge in [0, 0.05) is 11.3 Å². The molecule has 3 rings (SSSR count). The molecule has 1 aromatic heterocycles. The first-order valence-corrected chi connectivity index (χ1v) is 9.68. The number of hydrogen-bond donors (Lipinski definition) is 1. The highest BCUT2D eigenvalue weighted by molar-refractivity contribution is 8.00. The van der Waals surface area contributed by atoms with Crippen LogP contribution in [0.4, 0.5) is 5.69 Å². The Labute approximate surface area is 167 Å². The number of hydrogen-bond acceptors (Lipinski definition) is 6. The Balaban J connectivity index is 1.73. The number of amides is 1. The lowest BCUT2D eigenvalue weighted by molar-refractivity contribution is -0.115. The van der Waals surface area contributed by atoms with Crippen molar-refractivity contribution in [1.29, 1.82) is 0 Å². The highest BCUT2D eigenvalue weighted by Gasteiger charge is 2.20. The molecule has 1 heterocycles. The molecule has 0 spiro atoms. The number of aromatic nitrogens is 4. The van der Waals surface area contributed by atoms with Gasteiger partial charge in [0.15, 0.2) is 5.78 Å². The summed E-state index contributed by atoms with van der Waals surface area (Å²) in [7, 11) is 0. The zero-order chi connectivity index (χ0) is 20.3.